The minimum absolute atomic E-state index is 0.246. The molecule has 4 heteroatoms. The quantitative estimate of drug-likeness (QED) is 0.902. The van der Waals surface area contributed by atoms with Crippen LogP contribution in [0.5, 0.6) is 0 Å². The monoisotopic (exact) mass is 309 g/mol. The first-order valence-electron chi connectivity index (χ1n) is 7.94. The summed E-state index contributed by atoms with van der Waals surface area (Å²) in [6.45, 7) is 4.42. The van der Waals surface area contributed by atoms with Crippen LogP contribution in [-0.4, -0.2) is 20.7 Å². The van der Waals surface area contributed by atoms with Crippen LogP contribution in [0.25, 0.3) is 0 Å². The van der Waals surface area contributed by atoms with Crippen LogP contribution < -0.4 is 5.32 Å². The number of hydrogen-bond acceptors (Lipinski definition) is 3. The normalized spacial score (nSPS) is 20.1. The fourth-order valence-electron chi connectivity index (χ4n) is 3.26. The molecule has 1 unspecified atom stereocenters. The standard InChI is InChI=1S/C17H27NO2S/c1-13(15-7-5-4-6-8-15)18-14(2)16-9-11-17(12-10-16)21(3,19)20/h9-15,18H,4-8H2,1-3H3/t13-,14?/m1/s1. The van der Waals surface area contributed by atoms with Gasteiger partial charge in [-0.05, 0) is 50.3 Å². The average molecular weight is 309 g/mol. The third-order valence-corrected chi connectivity index (χ3v) is 5.81. The van der Waals surface area contributed by atoms with Gasteiger partial charge in [-0.1, -0.05) is 31.4 Å². The maximum atomic E-state index is 11.5. The van der Waals surface area contributed by atoms with E-state index < -0.39 is 9.84 Å². The van der Waals surface area contributed by atoms with Gasteiger partial charge in [0.05, 0.1) is 4.90 Å². The molecular weight excluding hydrogens is 282 g/mol. The first-order chi connectivity index (χ1) is 9.88. The maximum Gasteiger partial charge on any atom is 0.175 e. The van der Waals surface area contributed by atoms with Crippen LogP contribution in [0.1, 0.15) is 57.6 Å². The molecule has 1 fully saturated rings. The van der Waals surface area contributed by atoms with Crippen molar-refractivity contribution in [1.29, 1.82) is 0 Å². The molecule has 2 atom stereocenters. The van der Waals surface area contributed by atoms with Crippen molar-refractivity contribution >= 4 is 9.84 Å². The lowest BCUT2D eigenvalue weighted by Crippen LogP contribution is -2.36. The molecule has 2 rings (SSSR count). The smallest absolute Gasteiger partial charge is 0.175 e. The summed E-state index contributed by atoms with van der Waals surface area (Å²) in [6.07, 6.45) is 7.99. The van der Waals surface area contributed by atoms with E-state index in [1.807, 2.05) is 12.1 Å². The molecule has 1 aliphatic rings. The minimum atomic E-state index is -3.11. The van der Waals surface area contributed by atoms with Gasteiger partial charge in [0.25, 0.3) is 0 Å². The predicted octanol–water partition coefficient (Wildman–Crippen LogP) is 3.71. The Labute approximate surface area is 129 Å². The van der Waals surface area contributed by atoms with Crippen LogP contribution >= 0.6 is 0 Å². The molecule has 3 nitrogen and oxygen atoms in total. The number of sulfone groups is 1. The topological polar surface area (TPSA) is 46.2 Å². The van der Waals surface area contributed by atoms with Crippen LogP contribution in [0.15, 0.2) is 29.2 Å². The lowest BCUT2D eigenvalue weighted by molar-refractivity contribution is 0.268. The molecule has 118 valence electrons. The van der Waals surface area contributed by atoms with Crippen molar-refractivity contribution in [1.82, 2.24) is 5.32 Å². The molecule has 0 saturated heterocycles. The molecule has 21 heavy (non-hydrogen) atoms. The molecule has 0 radical (unpaired) electrons. The SMILES string of the molecule is CC(N[C@H](C)C1CCCCC1)c1ccc(S(C)(=O)=O)cc1. The van der Waals surface area contributed by atoms with Crippen molar-refractivity contribution in [3.63, 3.8) is 0 Å². The Balaban J connectivity index is 1.97. The number of rotatable bonds is 5. The van der Waals surface area contributed by atoms with E-state index in [9.17, 15) is 8.42 Å². The largest absolute Gasteiger partial charge is 0.307 e. The van der Waals surface area contributed by atoms with Gasteiger partial charge in [0.2, 0.25) is 0 Å². The van der Waals surface area contributed by atoms with Gasteiger partial charge in [0.1, 0.15) is 0 Å². The Morgan fingerprint density at radius 2 is 1.62 bits per heavy atom. The fourth-order valence-corrected chi connectivity index (χ4v) is 3.89. The molecule has 1 N–H and O–H groups in total. The summed E-state index contributed by atoms with van der Waals surface area (Å²) in [7, 11) is -3.11. The Bertz CT molecular complexity index is 545. The first-order valence-corrected chi connectivity index (χ1v) is 9.83. The van der Waals surface area contributed by atoms with E-state index in [2.05, 4.69) is 19.2 Å². The molecule has 0 aromatic heterocycles. The summed E-state index contributed by atoms with van der Waals surface area (Å²) in [6, 6.07) is 8.00. The molecule has 1 aliphatic carbocycles. The predicted molar refractivity (Wildman–Crippen MR) is 87.1 cm³/mol. The molecule has 0 amide bonds. The highest BCUT2D eigenvalue weighted by Crippen LogP contribution is 2.27. The van der Waals surface area contributed by atoms with Gasteiger partial charge < -0.3 is 5.32 Å². The van der Waals surface area contributed by atoms with Crippen molar-refractivity contribution in [2.45, 2.75) is 62.9 Å². The average Bonchev–Trinajstić information content (AvgIpc) is 2.47. The summed E-state index contributed by atoms with van der Waals surface area (Å²) >= 11 is 0. The van der Waals surface area contributed by atoms with Gasteiger partial charge in [-0.2, -0.15) is 0 Å². The van der Waals surface area contributed by atoms with E-state index in [0.717, 1.165) is 11.5 Å². The van der Waals surface area contributed by atoms with Crippen LogP contribution in [0.3, 0.4) is 0 Å². The second-order valence-corrected chi connectivity index (χ2v) is 8.43. The molecule has 0 bridgehead atoms. The lowest BCUT2D eigenvalue weighted by Gasteiger charge is -2.30. The zero-order chi connectivity index (χ0) is 15.5. The van der Waals surface area contributed by atoms with Gasteiger partial charge in [0, 0.05) is 18.3 Å². The second-order valence-electron chi connectivity index (χ2n) is 6.42. The lowest BCUT2D eigenvalue weighted by atomic mass is 9.84. The molecule has 1 saturated carbocycles. The van der Waals surface area contributed by atoms with E-state index in [0.29, 0.717) is 10.9 Å². The second kappa shape index (κ2) is 6.93. The summed E-state index contributed by atoms with van der Waals surface area (Å²) in [5.41, 5.74) is 1.14. The number of nitrogens with one attached hydrogen (secondary N) is 1. The highest BCUT2D eigenvalue weighted by molar-refractivity contribution is 7.90. The summed E-state index contributed by atoms with van der Waals surface area (Å²) < 4.78 is 23.0. The van der Waals surface area contributed by atoms with Crippen LogP contribution in [0.4, 0.5) is 0 Å². The molecule has 0 heterocycles. The van der Waals surface area contributed by atoms with Crippen molar-refractivity contribution in [2.75, 3.05) is 6.26 Å². The summed E-state index contributed by atoms with van der Waals surface area (Å²) in [4.78, 5) is 0.388. The van der Waals surface area contributed by atoms with E-state index in [1.54, 1.807) is 12.1 Å². The fraction of sp³-hybridized carbons (Fsp3) is 0.647. The molecular formula is C17H27NO2S. The number of benzene rings is 1. The minimum Gasteiger partial charge on any atom is -0.307 e. The van der Waals surface area contributed by atoms with E-state index in [1.165, 1.54) is 38.4 Å². The van der Waals surface area contributed by atoms with Gasteiger partial charge >= 0.3 is 0 Å². The summed E-state index contributed by atoms with van der Waals surface area (Å²) in [5, 5.41) is 3.67. The molecule has 1 aromatic carbocycles. The van der Waals surface area contributed by atoms with Crippen LogP contribution in [0.2, 0.25) is 0 Å². The van der Waals surface area contributed by atoms with Gasteiger partial charge in [-0.25, -0.2) is 8.42 Å². The third kappa shape index (κ3) is 4.55. The van der Waals surface area contributed by atoms with Crippen LogP contribution in [0, 0.1) is 5.92 Å². The highest BCUT2D eigenvalue weighted by atomic mass is 32.2. The van der Waals surface area contributed by atoms with E-state index in [4.69, 9.17) is 0 Å². The van der Waals surface area contributed by atoms with Gasteiger partial charge in [-0.15, -0.1) is 0 Å². The van der Waals surface area contributed by atoms with E-state index in [-0.39, 0.29) is 6.04 Å². The van der Waals surface area contributed by atoms with Crippen molar-refractivity contribution < 1.29 is 8.42 Å². The molecule has 0 spiro atoms. The Morgan fingerprint density at radius 3 is 2.14 bits per heavy atom. The molecule has 1 aromatic rings. The zero-order valence-electron chi connectivity index (χ0n) is 13.3. The van der Waals surface area contributed by atoms with E-state index >= 15 is 0 Å². The molecule has 0 aliphatic heterocycles. The van der Waals surface area contributed by atoms with Crippen molar-refractivity contribution in [3.05, 3.63) is 29.8 Å². The first kappa shape index (κ1) is 16.5. The maximum absolute atomic E-state index is 11.5. The van der Waals surface area contributed by atoms with Gasteiger partial charge in [0.15, 0.2) is 9.84 Å². The van der Waals surface area contributed by atoms with Crippen molar-refractivity contribution in [3.8, 4) is 0 Å². The van der Waals surface area contributed by atoms with Crippen LogP contribution in [-0.2, 0) is 9.84 Å². The van der Waals surface area contributed by atoms with Crippen molar-refractivity contribution in [2.24, 2.45) is 5.92 Å². The summed E-state index contributed by atoms with van der Waals surface area (Å²) in [5.74, 6) is 0.775. The zero-order valence-corrected chi connectivity index (χ0v) is 14.1. The Morgan fingerprint density at radius 1 is 1.05 bits per heavy atom. The third-order valence-electron chi connectivity index (χ3n) is 4.68. The number of hydrogen-bond donors (Lipinski definition) is 1. The Kier molecular flexibility index (Phi) is 5.44. The van der Waals surface area contributed by atoms with Gasteiger partial charge in [-0.3, -0.25) is 0 Å². The Hall–Kier alpha value is -0.870. The highest BCUT2D eigenvalue weighted by Gasteiger charge is 2.21.